The van der Waals surface area contributed by atoms with E-state index < -0.39 is 0 Å². The second-order valence-electron chi connectivity index (χ2n) is 5.80. The molecule has 0 aromatic heterocycles. The maximum atomic E-state index is 10.6. The van der Waals surface area contributed by atoms with Crippen molar-refractivity contribution in [3.8, 4) is 0 Å². The number of aliphatic hydroxyl groups is 1. The van der Waals surface area contributed by atoms with E-state index in [0.29, 0.717) is 5.76 Å². The van der Waals surface area contributed by atoms with E-state index >= 15 is 0 Å². The lowest BCUT2D eigenvalue weighted by atomic mass is 9.93. The van der Waals surface area contributed by atoms with Crippen molar-refractivity contribution in [3.63, 3.8) is 0 Å². The Bertz CT molecular complexity index is 747. The number of rotatable bonds is 2. The molecule has 0 aliphatic carbocycles. The molecule has 112 valence electrons. The van der Waals surface area contributed by atoms with Gasteiger partial charge in [-0.1, -0.05) is 48.0 Å². The topological polar surface area (TPSA) is 20.2 Å². The van der Waals surface area contributed by atoms with Gasteiger partial charge >= 0.3 is 0 Å². The number of thioether (sulfide) groups is 1. The first-order chi connectivity index (χ1) is 10.6. The van der Waals surface area contributed by atoms with Gasteiger partial charge in [0.2, 0.25) is 0 Å². The molecule has 0 radical (unpaired) electrons. The highest BCUT2D eigenvalue weighted by Crippen LogP contribution is 2.39. The summed E-state index contributed by atoms with van der Waals surface area (Å²) in [5, 5.41) is 10.6. The molecule has 2 aromatic carbocycles. The van der Waals surface area contributed by atoms with Gasteiger partial charge in [-0.15, -0.1) is 11.8 Å². The number of aryl methyl sites for hydroxylation is 3. The smallest absolute Gasteiger partial charge is 0.121 e. The zero-order chi connectivity index (χ0) is 15.7. The van der Waals surface area contributed by atoms with Crippen molar-refractivity contribution in [1.82, 2.24) is 0 Å². The maximum absolute atomic E-state index is 10.6. The van der Waals surface area contributed by atoms with E-state index in [1.807, 2.05) is 24.3 Å². The molecule has 0 unspecified atom stereocenters. The Hall–Kier alpha value is -1.93. The molecule has 1 aliphatic rings. The number of hydrogen-bond acceptors (Lipinski definition) is 2. The molecular formula is C20H20OS. The Morgan fingerprint density at radius 3 is 2.18 bits per heavy atom. The Balaban J connectivity index is 2.05. The molecule has 0 atom stereocenters. The van der Waals surface area contributed by atoms with Crippen LogP contribution in [-0.2, 0) is 0 Å². The molecule has 3 rings (SSSR count). The number of benzene rings is 2. The summed E-state index contributed by atoms with van der Waals surface area (Å²) in [7, 11) is 0. The predicted octanol–water partition coefficient (Wildman–Crippen LogP) is 5.67. The summed E-state index contributed by atoms with van der Waals surface area (Å²) >= 11 is 1.79. The fourth-order valence-electron chi connectivity index (χ4n) is 3.10. The first-order valence-corrected chi connectivity index (χ1v) is 8.45. The van der Waals surface area contributed by atoms with Crippen molar-refractivity contribution in [2.24, 2.45) is 0 Å². The summed E-state index contributed by atoms with van der Waals surface area (Å²) in [5.41, 5.74) is 7.13. The molecular weight excluding hydrogens is 288 g/mol. The molecule has 0 saturated carbocycles. The molecule has 1 nitrogen and oxygen atoms in total. The average Bonchev–Trinajstić information content (AvgIpc) is 2.49. The zero-order valence-electron chi connectivity index (χ0n) is 13.2. The van der Waals surface area contributed by atoms with E-state index in [-0.39, 0.29) is 0 Å². The first kappa shape index (κ1) is 15.0. The van der Waals surface area contributed by atoms with Crippen LogP contribution in [0.5, 0.6) is 0 Å². The van der Waals surface area contributed by atoms with Gasteiger partial charge in [-0.3, -0.25) is 0 Å². The molecule has 0 fully saturated rings. The third-order valence-corrected chi connectivity index (χ3v) is 5.08. The molecule has 0 bridgehead atoms. The van der Waals surface area contributed by atoms with Gasteiger partial charge < -0.3 is 5.11 Å². The van der Waals surface area contributed by atoms with Crippen LogP contribution in [0.3, 0.4) is 0 Å². The SMILES string of the molecule is Cc1cc(C)c(C2=C(O)C=C(c3ccccc3)SC2)c(C)c1. The van der Waals surface area contributed by atoms with Crippen LogP contribution in [0, 0.1) is 20.8 Å². The van der Waals surface area contributed by atoms with Crippen molar-refractivity contribution >= 4 is 22.2 Å². The van der Waals surface area contributed by atoms with Crippen LogP contribution >= 0.6 is 11.8 Å². The molecule has 0 spiro atoms. The van der Waals surface area contributed by atoms with Gasteiger partial charge in [-0.05, 0) is 49.1 Å². The van der Waals surface area contributed by atoms with Crippen LogP contribution in [0.2, 0.25) is 0 Å². The first-order valence-electron chi connectivity index (χ1n) is 7.46. The van der Waals surface area contributed by atoms with Crippen LogP contribution < -0.4 is 0 Å². The Morgan fingerprint density at radius 2 is 1.59 bits per heavy atom. The van der Waals surface area contributed by atoms with E-state index in [9.17, 15) is 5.11 Å². The van der Waals surface area contributed by atoms with Crippen LogP contribution in [0.25, 0.3) is 10.5 Å². The molecule has 1 aliphatic heterocycles. The van der Waals surface area contributed by atoms with Crippen LogP contribution in [-0.4, -0.2) is 10.9 Å². The minimum absolute atomic E-state index is 0.396. The van der Waals surface area contributed by atoms with Gasteiger partial charge in [0.1, 0.15) is 5.76 Å². The van der Waals surface area contributed by atoms with Gasteiger partial charge in [0.15, 0.2) is 0 Å². The molecule has 1 heterocycles. The van der Waals surface area contributed by atoms with E-state index in [0.717, 1.165) is 21.8 Å². The predicted molar refractivity (Wildman–Crippen MR) is 97.1 cm³/mol. The third-order valence-electron chi connectivity index (χ3n) is 3.99. The van der Waals surface area contributed by atoms with E-state index in [1.54, 1.807) is 11.8 Å². The Labute approximate surface area is 136 Å². The lowest BCUT2D eigenvalue weighted by Crippen LogP contribution is -2.03. The number of aliphatic hydroxyl groups excluding tert-OH is 1. The summed E-state index contributed by atoms with van der Waals surface area (Å²) in [4.78, 5) is 1.13. The lowest BCUT2D eigenvalue weighted by molar-refractivity contribution is 0.435. The fourth-order valence-corrected chi connectivity index (χ4v) is 4.19. The average molecular weight is 308 g/mol. The van der Waals surface area contributed by atoms with Crippen molar-refractivity contribution in [2.75, 3.05) is 5.75 Å². The molecule has 0 amide bonds. The molecule has 22 heavy (non-hydrogen) atoms. The highest BCUT2D eigenvalue weighted by Gasteiger charge is 2.19. The van der Waals surface area contributed by atoms with Gasteiger partial charge in [0.25, 0.3) is 0 Å². The van der Waals surface area contributed by atoms with Crippen molar-refractivity contribution in [1.29, 1.82) is 0 Å². The van der Waals surface area contributed by atoms with Crippen molar-refractivity contribution < 1.29 is 5.11 Å². The number of allylic oxidation sites excluding steroid dienone is 1. The van der Waals surface area contributed by atoms with Crippen molar-refractivity contribution in [3.05, 3.63) is 82.1 Å². The standard InChI is InChI=1S/C20H20OS/c1-13-9-14(2)20(15(3)10-13)17-12-22-19(11-18(17)21)16-7-5-4-6-8-16/h4-11,21H,12H2,1-3H3. The summed E-state index contributed by atoms with van der Waals surface area (Å²) in [6, 6.07) is 14.6. The molecule has 0 saturated heterocycles. The summed E-state index contributed by atoms with van der Waals surface area (Å²) in [6.45, 7) is 6.36. The highest BCUT2D eigenvalue weighted by molar-refractivity contribution is 8.08. The van der Waals surface area contributed by atoms with Gasteiger partial charge in [-0.25, -0.2) is 0 Å². The monoisotopic (exact) mass is 308 g/mol. The van der Waals surface area contributed by atoms with Crippen LogP contribution in [0.1, 0.15) is 27.8 Å². The molecule has 2 aromatic rings. The van der Waals surface area contributed by atoms with E-state index in [2.05, 4.69) is 45.0 Å². The summed E-state index contributed by atoms with van der Waals surface area (Å²) < 4.78 is 0. The second-order valence-corrected chi connectivity index (χ2v) is 6.82. The lowest BCUT2D eigenvalue weighted by Gasteiger charge is -2.20. The quantitative estimate of drug-likeness (QED) is 0.771. The van der Waals surface area contributed by atoms with E-state index in [1.165, 1.54) is 22.3 Å². The summed E-state index contributed by atoms with van der Waals surface area (Å²) in [6.07, 6.45) is 1.90. The molecule has 1 N–H and O–H groups in total. The minimum Gasteiger partial charge on any atom is -0.508 e. The maximum Gasteiger partial charge on any atom is 0.121 e. The van der Waals surface area contributed by atoms with Crippen molar-refractivity contribution in [2.45, 2.75) is 20.8 Å². The van der Waals surface area contributed by atoms with Crippen LogP contribution in [0.15, 0.2) is 54.3 Å². The largest absolute Gasteiger partial charge is 0.508 e. The highest BCUT2D eigenvalue weighted by atomic mass is 32.2. The number of hydrogen-bond donors (Lipinski definition) is 1. The Kier molecular flexibility index (Phi) is 4.12. The minimum atomic E-state index is 0.396. The van der Waals surface area contributed by atoms with Gasteiger partial charge in [0.05, 0.1) is 0 Å². The van der Waals surface area contributed by atoms with Gasteiger partial charge in [0, 0.05) is 16.2 Å². The van der Waals surface area contributed by atoms with Crippen LogP contribution in [0.4, 0.5) is 0 Å². The third kappa shape index (κ3) is 2.84. The zero-order valence-corrected chi connectivity index (χ0v) is 14.0. The fraction of sp³-hybridized carbons (Fsp3) is 0.200. The Morgan fingerprint density at radius 1 is 0.955 bits per heavy atom. The normalized spacial score (nSPS) is 15.0. The van der Waals surface area contributed by atoms with E-state index in [4.69, 9.17) is 0 Å². The molecule has 2 heteroatoms. The van der Waals surface area contributed by atoms with Gasteiger partial charge in [-0.2, -0.15) is 0 Å². The summed E-state index contributed by atoms with van der Waals surface area (Å²) in [5.74, 6) is 1.20. The second kappa shape index (κ2) is 6.05.